The quantitative estimate of drug-likeness (QED) is 0.843. The molecule has 2 N–H and O–H groups in total. The second-order valence-electron chi connectivity index (χ2n) is 7.41. The van der Waals surface area contributed by atoms with Crippen molar-refractivity contribution in [2.45, 2.75) is 51.1 Å². The first kappa shape index (κ1) is 18.1. The molecule has 138 valence electrons. The van der Waals surface area contributed by atoms with Crippen molar-refractivity contribution in [3.05, 3.63) is 24.3 Å². The van der Waals surface area contributed by atoms with Crippen LogP contribution in [0.15, 0.2) is 24.3 Å². The molecule has 5 nitrogen and oxygen atoms in total. The predicted octanol–water partition coefficient (Wildman–Crippen LogP) is 1.24. The zero-order valence-corrected chi connectivity index (χ0v) is 15.6. The van der Waals surface area contributed by atoms with E-state index < -0.39 is 0 Å². The van der Waals surface area contributed by atoms with Crippen molar-refractivity contribution in [2.75, 3.05) is 38.2 Å². The van der Waals surface area contributed by atoms with E-state index in [1.807, 2.05) is 12.1 Å². The van der Waals surface area contributed by atoms with Crippen LogP contribution in [0.25, 0.3) is 0 Å². The maximum absolute atomic E-state index is 12.6. The molecule has 0 unspecified atom stereocenters. The molecule has 1 heterocycles. The van der Waals surface area contributed by atoms with E-state index in [0.717, 1.165) is 44.8 Å². The van der Waals surface area contributed by atoms with Gasteiger partial charge in [0.1, 0.15) is 5.75 Å². The average molecular weight is 346 g/mol. The maximum Gasteiger partial charge on any atom is 0.278 e. The number of carbonyl (C=O) groups excluding carboxylic acids is 1. The van der Waals surface area contributed by atoms with E-state index in [1.54, 1.807) is 7.11 Å². The van der Waals surface area contributed by atoms with E-state index in [9.17, 15) is 4.79 Å². The third-order valence-corrected chi connectivity index (χ3v) is 5.78. The van der Waals surface area contributed by atoms with Gasteiger partial charge in [-0.3, -0.25) is 4.79 Å². The summed E-state index contributed by atoms with van der Waals surface area (Å²) in [6, 6.07) is 8.67. The Kier molecular flexibility index (Phi) is 6.19. The molecule has 2 fully saturated rings. The van der Waals surface area contributed by atoms with Crippen molar-refractivity contribution in [1.29, 1.82) is 0 Å². The number of benzene rings is 1. The van der Waals surface area contributed by atoms with Crippen molar-refractivity contribution >= 4 is 11.6 Å². The molecule has 25 heavy (non-hydrogen) atoms. The fraction of sp³-hybridized carbons (Fsp3) is 0.650. The molecule has 0 radical (unpaired) electrons. The summed E-state index contributed by atoms with van der Waals surface area (Å²) >= 11 is 0. The lowest BCUT2D eigenvalue weighted by Gasteiger charge is -2.36. The minimum absolute atomic E-state index is 0.0365. The Morgan fingerprint density at radius 1 is 1.24 bits per heavy atom. The summed E-state index contributed by atoms with van der Waals surface area (Å²) in [5, 5.41) is 3.28. The minimum atomic E-state index is 0.0365. The van der Waals surface area contributed by atoms with Gasteiger partial charge in [-0.15, -0.1) is 0 Å². The van der Waals surface area contributed by atoms with Gasteiger partial charge in [0.2, 0.25) is 0 Å². The topological polar surface area (TPSA) is 46.0 Å². The van der Waals surface area contributed by atoms with Gasteiger partial charge in [0.15, 0.2) is 6.04 Å². The number of hydrogen-bond acceptors (Lipinski definition) is 3. The number of quaternary nitrogens is 1. The van der Waals surface area contributed by atoms with Crippen LogP contribution in [0.1, 0.15) is 39.0 Å². The Bertz CT molecular complexity index is 564. The summed E-state index contributed by atoms with van der Waals surface area (Å²) in [5.74, 6) is 1.13. The Hall–Kier alpha value is -1.75. The number of rotatable bonds is 5. The summed E-state index contributed by atoms with van der Waals surface area (Å²) in [6.45, 7) is 6.02. The van der Waals surface area contributed by atoms with Gasteiger partial charge in [-0.25, -0.2) is 0 Å². The molecular formula is C20H32N3O2+. The molecule has 1 aliphatic heterocycles. The van der Waals surface area contributed by atoms with Crippen LogP contribution in [0.4, 0.5) is 5.69 Å². The van der Waals surface area contributed by atoms with Crippen LogP contribution < -0.4 is 19.9 Å². The van der Waals surface area contributed by atoms with E-state index in [2.05, 4.69) is 29.3 Å². The molecular weight excluding hydrogens is 314 g/mol. The number of hydrogen-bond donors (Lipinski definition) is 2. The van der Waals surface area contributed by atoms with Crippen LogP contribution in [0.3, 0.4) is 0 Å². The molecule has 0 spiro atoms. The molecule has 2 aliphatic rings. The Labute approximate surface area is 151 Å². The Morgan fingerprint density at radius 2 is 1.96 bits per heavy atom. The summed E-state index contributed by atoms with van der Waals surface area (Å²) in [4.78, 5) is 16.4. The molecule has 1 aromatic rings. The normalized spacial score (nSPS) is 21.0. The van der Waals surface area contributed by atoms with E-state index in [-0.39, 0.29) is 11.9 Å². The van der Waals surface area contributed by atoms with E-state index >= 15 is 0 Å². The maximum atomic E-state index is 12.6. The second-order valence-corrected chi connectivity index (χ2v) is 7.41. The van der Waals surface area contributed by atoms with Crippen LogP contribution in [0.2, 0.25) is 0 Å². The molecule has 1 atom stereocenters. The van der Waals surface area contributed by atoms with Crippen LogP contribution in [0.5, 0.6) is 5.75 Å². The number of amides is 1. The van der Waals surface area contributed by atoms with Crippen LogP contribution >= 0.6 is 0 Å². The van der Waals surface area contributed by atoms with Crippen LogP contribution in [-0.2, 0) is 4.79 Å². The largest absolute Gasteiger partial charge is 0.497 e. The highest BCUT2D eigenvalue weighted by molar-refractivity contribution is 5.80. The fourth-order valence-electron chi connectivity index (χ4n) is 4.05. The van der Waals surface area contributed by atoms with Gasteiger partial charge in [-0.05, 0) is 31.9 Å². The third kappa shape index (κ3) is 4.66. The molecule has 1 saturated carbocycles. The molecule has 5 heteroatoms. The van der Waals surface area contributed by atoms with Crippen LogP contribution in [0, 0.1) is 0 Å². The highest BCUT2D eigenvalue weighted by Crippen LogP contribution is 2.21. The smallest absolute Gasteiger partial charge is 0.278 e. The van der Waals surface area contributed by atoms with Gasteiger partial charge in [-0.1, -0.05) is 25.3 Å². The molecule has 3 rings (SSSR count). The highest BCUT2D eigenvalue weighted by Gasteiger charge is 2.30. The van der Waals surface area contributed by atoms with Crippen molar-refractivity contribution < 1.29 is 14.4 Å². The number of methoxy groups -OCH3 is 1. The van der Waals surface area contributed by atoms with Crippen LogP contribution in [-0.4, -0.2) is 51.3 Å². The summed E-state index contributed by atoms with van der Waals surface area (Å²) in [5.41, 5.74) is 1.21. The van der Waals surface area contributed by atoms with Gasteiger partial charge in [0.25, 0.3) is 5.91 Å². The predicted molar refractivity (Wildman–Crippen MR) is 100 cm³/mol. The standard InChI is InChI=1S/C20H31N3O2/c1-16(20(24)21-17-7-4-3-5-8-17)22-11-13-23(14-12-22)18-9-6-10-19(15-18)25-2/h6,9-10,15-17H,3-5,7-8,11-14H2,1-2H3,(H,21,24)/p+1/t16-/m1/s1. The lowest BCUT2D eigenvalue weighted by atomic mass is 9.95. The highest BCUT2D eigenvalue weighted by atomic mass is 16.5. The first-order valence-electron chi connectivity index (χ1n) is 9.71. The molecule has 1 aromatic carbocycles. The van der Waals surface area contributed by atoms with Gasteiger partial charge >= 0.3 is 0 Å². The SMILES string of the molecule is COc1cccc(N2CC[NH+]([C@H](C)C(=O)NC3CCCCC3)CC2)c1. The first-order valence-corrected chi connectivity index (χ1v) is 9.71. The molecule has 1 amide bonds. The molecule has 0 aromatic heterocycles. The number of carbonyl (C=O) groups is 1. The fourth-order valence-corrected chi connectivity index (χ4v) is 4.05. The van der Waals surface area contributed by atoms with Crippen molar-refractivity contribution in [3.63, 3.8) is 0 Å². The minimum Gasteiger partial charge on any atom is -0.497 e. The number of nitrogens with zero attached hydrogens (tertiary/aromatic N) is 1. The van der Waals surface area contributed by atoms with Gasteiger partial charge in [0.05, 0.1) is 33.3 Å². The summed E-state index contributed by atoms with van der Waals surface area (Å²) in [7, 11) is 1.70. The zero-order chi connectivity index (χ0) is 17.6. The number of anilines is 1. The van der Waals surface area contributed by atoms with Gasteiger partial charge in [-0.2, -0.15) is 0 Å². The Morgan fingerprint density at radius 3 is 2.64 bits per heavy atom. The number of piperazine rings is 1. The number of ether oxygens (including phenoxy) is 1. The van der Waals surface area contributed by atoms with E-state index in [4.69, 9.17) is 4.74 Å². The van der Waals surface area contributed by atoms with Crippen molar-refractivity contribution in [1.82, 2.24) is 5.32 Å². The third-order valence-electron chi connectivity index (χ3n) is 5.78. The monoisotopic (exact) mass is 346 g/mol. The molecule has 0 bridgehead atoms. The van der Waals surface area contributed by atoms with Gasteiger partial charge < -0.3 is 19.9 Å². The van der Waals surface area contributed by atoms with E-state index in [0.29, 0.717) is 6.04 Å². The zero-order valence-electron chi connectivity index (χ0n) is 15.6. The lowest BCUT2D eigenvalue weighted by Crippen LogP contribution is -3.19. The average Bonchev–Trinajstić information content (AvgIpc) is 2.68. The number of nitrogens with one attached hydrogen (secondary N) is 2. The molecule has 1 aliphatic carbocycles. The van der Waals surface area contributed by atoms with Gasteiger partial charge in [0, 0.05) is 17.8 Å². The molecule has 1 saturated heterocycles. The second kappa shape index (κ2) is 8.56. The van der Waals surface area contributed by atoms with Crippen molar-refractivity contribution in [3.8, 4) is 5.75 Å². The summed E-state index contributed by atoms with van der Waals surface area (Å²) in [6.07, 6.45) is 6.13. The van der Waals surface area contributed by atoms with E-state index in [1.165, 1.54) is 29.8 Å². The lowest BCUT2D eigenvalue weighted by molar-refractivity contribution is -0.914. The first-order chi connectivity index (χ1) is 12.2. The van der Waals surface area contributed by atoms with Crippen molar-refractivity contribution in [2.24, 2.45) is 0 Å². The summed E-state index contributed by atoms with van der Waals surface area (Å²) < 4.78 is 5.32. The Balaban J connectivity index is 1.49.